The van der Waals surface area contributed by atoms with E-state index < -0.39 is 10.0 Å². The van der Waals surface area contributed by atoms with Crippen molar-refractivity contribution < 1.29 is 13.2 Å². The third-order valence-electron chi connectivity index (χ3n) is 5.05. The average Bonchev–Trinajstić information content (AvgIpc) is 2.80. The van der Waals surface area contributed by atoms with Gasteiger partial charge in [-0.1, -0.05) is 6.07 Å². The van der Waals surface area contributed by atoms with Gasteiger partial charge >= 0.3 is 0 Å². The van der Waals surface area contributed by atoms with Crippen molar-refractivity contribution in [1.29, 1.82) is 0 Å². The number of methoxy groups -OCH3 is 1. The summed E-state index contributed by atoms with van der Waals surface area (Å²) in [6.07, 6.45) is 0. The van der Waals surface area contributed by atoms with Gasteiger partial charge in [-0.3, -0.25) is 0 Å². The van der Waals surface area contributed by atoms with Crippen LogP contribution in [-0.4, -0.2) is 61.2 Å². The quantitative estimate of drug-likeness (QED) is 0.624. The first-order chi connectivity index (χ1) is 15.0. The molecule has 0 atom stereocenters. The second-order valence-electron chi connectivity index (χ2n) is 7.13. The van der Waals surface area contributed by atoms with Crippen molar-refractivity contribution in [3.05, 3.63) is 60.3 Å². The molecule has 1 aliphatic heterocycles. The number of nitrogens with zero attached hydrogens (tertiary/aromatic N) is 5. The number of nitrogens with one attached hydrogen (secondary N) is 1. The van der Waals surface area contributed by atoms with Gasteiger partial charge in [-0.05, 0) is 55.5 Å². The first-order valence-corrected chi connectivity index (χ1v) is 11.3. The standard InChI is InChI=1S/C21H24N6O3S/c1-16-4-3-5-19(22-16)23-20-10-11-21(25-24-20)26-12-14-27(15-13-26)31(28,29)18-8-6-17(30-2)7-9-18/h3-11H,12-15H2,1-2H3,(H,22,23,24). The molecule has 0 spiro atoms. The molecule has 2 aromatic heterocycles. The minimum atomic E-state index is -3.54. The number of anilines is 3. The molecule has 3 heterocycles. The maximum atomic E-state index is 12.9. The third-order valence-corrected chi connectivity index (χ3v) is 6.97. The first kappa shape index (κ1) is 21.0. The van der Waals surface area contributed by atoms with E-state index in [9.17, 15) is 8.42 Å². The van der Waals surface area contributed by atoms with Gasteiger partial charge in [-0.25, -0.2) is 13.4 Å². The van der Waals surface area contributed by atoms with Gasteiger partial charge in [0.1, 0.15) is 11.6 Å². The molecule has 0 amide bonds. The minimum Gasteiger partial charge on any atom is -0.497 e. The number of aryl methyl sites for hydroxylation is 1. The van der Waals surface area contributed by atoms with E-state index in [1.807, 2.05) is 42.2 Å². The molecule has 0 aliphatic carbocycles. The van der Waals surface area contributed by atoms with Crippen LogP contribution in [0.5, 0.6) is 5.75 Å². The number of pyridine rings is 1. The third kappa shape index (κ3) is 4.75. The monoisotopic (exact) mass is 440 g/mol. The van der Waals surface area contributed by atoms with Crippen LogP contribution < -0.4 is 15.0 Å². The molecule has 1 saturated heterocycles. The lowest BCUT2D eigenvalue weighted by molar-refractivity contribution is 0.383. The Morgan fingerprint density at radius 1 is 0.903 bits per heavy atom. The Morgan fingerprint density at radius 3 is 2.26 bits per heavy atom. The lowest BCUT2D eigenvalue weighted by atomic mass is 10.3. The summed E-state index contributed by atoms with van der Waals surface area (Å²) in [5.74, 6) is 2.64. The van der Waals surface area contributed by atoms with Crippen molar-refractivity contribution in [1.82, 2.24) is 19.5 Å². The highest BCUT2D eigenvalue weighted by Crippen LogP contribution is 2.22. The molecule has 0 bridgehead atoms. The average molecular weight is 441 g/mol. The van der Waals surface area contributed by atoms with Crippen LogP contribution in [0.3, 0.4) is 0 Å². The summed E-state index contributed by atoms with van der Waals surface area (Å²) in [6.45, 7) is 3.76. The van der Waals surface area contributed by atoms with Gasteiger partial charge in [0, 0.05) is 31.9 Å². The van der Waals surface area contributed by atoms with E-state index in [0.717, 1.165) is 5.69 Å². The van der Waals surface area contributed by atoms with E-state index in [1.54, 1.807) is 31.4 Å². The zero-order valence-electron chi connectivity index (χ0n) is 17.4. The second-order valence-corrected chi connectivity index (χ2v) is 9.07. The molecule has 1 aromatic carbocycles. The summed E-state index contributed by atoms with van der Waals surface area (Å²) in [5, 5.41) is 11.6. The van der Waals surface area contributed by atoms with Crippen LogP contribution >= 0.6 is 0 Å². The number of ether oxygens (including phenoxy) is 1. The fourth-order valence-corrected chi connectivity index (χ4v) is 4.78. The van der Waals surface area contributed by atoms with Gasteiger partial charge in [-0.2, -0.15) is 4.31 Å². The van der Waals surface area contributed by atoms with Gasteiger partial charge < -0.3 is 15.0 Å². The Balaban J connectivity index is 1.38. The summed E-state index contributed by atoms with van der Waals surface area (Å²) >= 11 is 0. The molecule has 1 N–H and O–H groups in total. The highest BCUT2D eigenvalue weighted by atomic mass is 32.2. The van der Waals surface area contributed by atoms with Gasteiger partial charge in [0.15, 0.2) is 11.6 Å². The molecule has 1 aliphatic rings. The van der Waals surface area contributed by atoms with E-state index >= 15 is 0 Å². The van der Waals surface area contributed by atoms with Crippen LogP contribution in [0, 0.1) is 6.92 Å². The van der Waals surface area contributed by atoms with Gasteiger partial charge in [0.05, 0.1) is 12.0 Å². The zero-order chi connectivity index (χ0) is 21.8. The molecule has 4 rings (SSSR count). The molecule has 162 valence electrons. The maximum Gasteiger partial charge on any atom is 0.243 e. The molecule has 10 heteroatoms. The predicted molar refractivity (Wildman–Crippen MR) is 118 cm³/mol. The Hall–Kier alpha value is -3.24. The van der Waals surface area contributed by atoms with Crippen molar-refractivity contribution in [2.45, 2.75) is 11.8 Å². The number of sulfonamides is 1. The largest absolute Gasteiger partial charge is 0.497 e. The van der Waals surface area contributed by atoms with Gasteiger partial charge in [-0.15, -0.1) is 10.2 Å². The van der Waals surface area contributed by atoms with Gasteiger partial charge in [0.2, 0.25) is 10.0 Å². The van der Waals surface area contributed by atoms with Gasteiger partial charge in [0.25, 0.3) is 0 Å². The molecule has 3 aromatic rings. The minimum absolute atomic E-state index is 0.265. The van der Waals surface area contributed by atoms with Crippen LogP contribution in [0.2, 0.25) is 0 Å². The van der Waals surface area contributed by atoms with E-state index in [2.05, 4.69) is 20.5 Å². The molecule has 31 heavy (non-hydrogen) atoms. The van der Waals surface area contributed by atoms with Crippen molar-refractivity contribution in [3.8, 4) is 5.75 Å². The smallest absolute Gasteiger partial charge is 0.243 e. The van der Waals surface area contributed by atoms with E-state index in [1.165, 1.54) is 4.31 Å². The molecule has 0 saturated carbocycles. The molecular weight excluding hydrogens is 416 g/mol. The fraction of sp³-hybridized carbons (Fsp3) is 0.286. The lowest BCUT2D eigenvalue weighted by Gasteiger charge is -2.34. The summed E-state index contributed by atoms with van der Waals surface area (Å²) in [5.41, 5.74) is 0.914. The maximum absolute atomic E-state index is 12.9. The first-order valence-electron chi connectivity index (χ1n) is 9.89. The van der Waals surface area contributed by atoms with Crippen LogP contribution in [0.1, 0.15) is 5.69 Å². The molecular formula is C21H24N6O3S. The van der Waals surface area contributed by atoms with E-state index in [4.69, 9.17) is 4.74 Å². The SMILES string of the molecule is COc1ccc(S(=O)(=O)N2CCN(c3ccc(Nc4cccc(C)n4)nn3)CC2)cc1. The van der Waals surface area contributed by atoms with Crippen molar-refractivity contribution >= 4 is 27.5 Å². The highest BCUT2D eigenvalue weighted by Gasteiger charge is 2.29. The Morgan fingerprint density at radius 2 is 1.65 bits per heavy atom. The number of hydrogen-bond acceptors (Lipinski definition) is 8. The summed E-state index contributed by atoms with van der Waals surface area (Å²) < 4.78 is 32.4. The van der Waals surface area contributed by atoms with Crippen molar-refractivity contribution in [2.75, 3.05) is 43.5 Å². The predicted octanol–water partition coefficient (Wildman–Crippen LogP) is 2.44. The second kappa shape index (κ2) is 8.86. The van der Waals surface area contributed by atoms with Crippen LogP contribution in [0.15, 0.2) is 59.5 Å². The number of aromatic nitrogens is 3. The fourth-order valence-electron chi connectivity index (χ4n) is 3.36. The van der Waals surface area contributed by atoms with Crippen LogP contribution in [0.25, 0.3) is 0 Å². The Bertz CT molecular complexity index is 1130. The Kier molecular flexibility index (Phi) is 6.01. The normalized spacial score (nSPS) is 15.0. The topological polar surface area (TPSA) is 101 Å². The summed E-state index contributed by atoms with van der Waals surface area (Å²) in [6, 6.07) is 15.9. The number of benzene rings is 1. The molecule has 9 nitrogen and oxygen atoms in total. The lowest BCUT2D eigenvalue weighted by Crippen LogP contribution is -2.48. The van der Waals surface area contributed by atoms with E-state index in [-0.39, 0.29) is 4.90 Å². The van der Waals surface area contributed by atoms with E-state index in [0.29, 0.717) is 49.4 Å². The molecule has 0 unspecified atom stereocenters. The van der Waals surface area contributed by atoms with Crippen LogP contribution in [0.4, 0.5) is 17.5 Å². The summed E-state index contributed by atoms with van der Waals surface area (Å²) in [4.78, 5) is 6.68. The van der Waals surface area contributed by atoms with Crippen molar-refractivity contribution in [2.24, 2.45) is 0 Å². The molecule has 0 radical (unpaired) electrons. The number of hydrogen-bond donors (Lipinski definition) is 1. The molecule has 1 fully saturated rings. The highest BCUT2D eigenvalue weighted by molar-refractivity contribution is 7.89. The van der Waals surface area contributed by atoms with Crippen LogP contribution in [-0.2, 0) is 10.0 Å². The number of rotatable bonds is 6. The van der Waals surface area contributed by atoms with Crippen molar-refractivity contribution in [3.63, 3.8) is 0 Å². The summed E-state index contributed by atoms with van der Waals surface area (Å²) in [7, 11) is -1.99. The number of piperazine rings is 1. The Labute approximate surface area is 181 Å². The zero-order valence-corrected chi connectivity index (χ0v) is 18.2.